The molecule has 0 aromatic heterocycles. The molecular formula is C3H5NO2. The Labute approximate surface area is 35.2 Å². The standard InChI is InChI=1S/C3H5NO2/c5-3(6)4-1-2-4/h1-2H2,(H,5,6). The minimum atomic E-state index is -0.796. The van der Waals surface area contributed by atoms with Crippen LogP contribution in [0.1, 0.15) is 0 Å². The monoisotopic (exact) mass is 87.0 g/mol. The first-order valence-electron chi connectivity index (χ1n) is 1.78. The zero-order valence-electron chi connectivity index (χ0n) is 3.22. The number of carboxylic acid groups (broad SMARTS) is 1. The Morgan fingerprint density at radius 2 is 2.17 bits per heavy atom. The smallest absolute Gasteiger partial charge is 0.407 e. The Bertz CT molecular complexity index is 76.9. The summed E-state index contributed by atoms with van der Waals surface area (Å²) in [4.78, 5) is 11.0. The maximum Gasteiger partial charge on any atom is 0.407 e. The highest BCUT2D eigenvalue weighted by atomic mass is 16.4. The third-order valence-electron chi connectivity index (χ3n) is 0.718. The lowest BCUT2D eigenvalue weighted by atomic mass is 11.0. The van der Waals surface area contributed by atoms with Crippen LogP contribution in [-0.2, 0) is 0 Å². The van der Waals surface area contributed by atoms with Crippen LogP contribution < -0.4 is 0 Å². The van der Waals surface area contributed by atoms with Gasteiger partial charge in [-0.05, 0) is 0 Å². The fourth-order valence-electron chi connectivity index (χ4n) is 0.241. The van der Waals surface area contributed by atoms with E-state index in [1.807, 2.05) is 0 Å². The second-order valence-corrected chi connectivity index (χ2v) is 1.27. The van der Waals surface area contributed by atoms with Gasteiger partial charge < -0.3 is 10.0 Å². The Morgan fingerprint density at radius 3 is 2.17 bits per heavy atom. The van der Waals surface area contributed by atoms with Crippen molar-refractivity contribution in [2.75, 3.05) is 13.1 Å². The highest BCUT2D eigenvalue weighted by Gasteiger charge is 2.22. The van der Waals surface area contributed by atoms with E-state index in [4.69, 9.17) is 5.11 Å². The van der Waals surface area contributed by atoms with Gasteiger partial charge in [0.05, 0.1) is 0 Å². The van der Waals surface area contributed by atoms with Gasteiger partial charge in [-0.3, -0.25) is 0 Å². The van der Waals surface area contributed by atoms with Crippen LogP contribution in [-0.4, -0.2) is 29.2 Å². The van der Waals surface area contributed by atoms with Crippen molar-refractivity contribution in [1.82, 2.24) is 4.90 Å². The lowest BCUT2D eigenvalue weighted by Crippen LogP contribution is -2.04. The van der Waals surface area contributed by atoms with Crippen LogP contribution in [0.15, 0.2) is 0 Å². The third-order valence-corrected chi connectivity index (χ3v) is 0.718. The summed E-state index contributed by atoms with van der Waals surface area (Å²) < 4.78 is 0. The summed E-state index contributed by atoms with van der Waals surface area (Å²) in [7, 11) is 0. The van der Waals surface area contributed by atoms with E-state index in [2.05, 4.69) is 0 Å². The Balaban J connectivity index is 2.31. The lowest BCUT2D eigenvalue weighted by Gasteiger charge is -1.83. The number of hydrogen-bond acceptors (Lipinski definition) is 1. The third kappa shape index (κ3) is 0.429. The molecule has 0 unspecified atom stereocenters. The van der Waals surface area contributed by atoms with E-state index in [-0.39, 0.29) is 0 Å². The lowest BCUT2D eigenvalue weighted by molar-refractivity contribution is 0.179. The maximum atomic E-state index is 9.69. The van der Waals surface area contributed by atoms with E-state index >= 15 is 0 Å². The predicted octanol–water partition coefficient (Wildman–Crippen LogP) is -0.0200. The van der Waals surface area contributed by atoms with Crippen LogP contribution in [0.5, 0.6) is 0 Å². The summed E-state index contributed by atoms with van der Waals surface area (Å²) in [6, 6.07) is 0. The van der Waals surface area contributed by atoms with Crippen molar-refractivity contribution in [3.05, 3.63) is 0 Å². The summed E-state index contributed by atoms with van der Waals surface area (Å²) >= 11 is 0. The van der Waals surface area contributed by atoms with Gasteiger partial charge in [0.2, 0.25) is 0 Å². The molecule has 0 bridgehead atoms. The molecule has 0 radical (unpaired) electrons. The molecule has 1 aliphatic heterocycles. The van der Waals surface area contributed by atoms with Crippen molar-refractivity contribution in [3.63, 3.8) is 0 Å². The molecule has 1 amide bonds. The molecule has 1 saturated heterocycles. The van der Waals surface area contributed by atoms with Gasteiger partial charge in [0.25, 0.3) is 0 Å². The van der Waals surface area contributed by atoms with Gasteiger partial charge >= 0.3 is 6.09 Å². The molecule has 1 aliphatic rings. The van der Waals surface area contributed by atoms with E-state index < -0.39 is 6.09 Å². The summed E-state index contributed by atoms with van der Waals surface area (Å²) in [5.41, 5.74) is 0. The zero-order valence-corrected chi connectivity index (χ0v) is 3.22. The van der Waals surface area contributed by atoms with Crippen LogP contribution in [0.2, 0.25) is 0 Å². The van der Waals surface area contributed by atoms with Gasteiger partial charge in [0.15, 0.2) is 0 Å². The first-order chi connectivity index (χ1) is 2.80. The van der Waals surface area contributed by atoms with Crippen LogP contribution in [0.25, 0.3) is 0 Å². The fraction of sp³-hybridized carbons (Fsp3) is 0.667. The molecule has 0 aliphatic carbocycles. The van der Waals surface area contributed by atoms with Crippen molar-refractivity contribution in [3.8, 4) is 0 Å². The summed E-state index contributed by atoms with van der Waals surface area (Å²) in [6.07, 6.45) is -0.796. The second kappa shape index (κ2) is 0.864. The van der Waals surface area contributed by atoms with Crippen molar-refractivity contribution in [2.24, 2.45) is 0 Å². The number of hydrogen-bond donors (Lipinski definition) is 1. The van der Waals surface area contributed by atoms with E-state index in [9.17, 15) is 4.79 Å². The van der Waals surface area contributed by atoms with Gasteiger partial charge in [0, 0.05) is 13.1 Å². The first-order valence-corrected chi connectivity index (χ1v) is 1.78. The summed E-state index contributed by atoms with van der Waals surface area (Å²) in [5, 5.41) is 7.98. The van der Waals surface area contributed by atoms with Crippen molar-refractivity contribution in [1.29, 1.82) is 0 Å². The van der Waals surface area contributed by atoms with Crippen LogP contribution in [0, 0.1) is 0 Å². The van der Waals surface area contributed by atoms with Crippen molar-refractivity contribution < 1.29 is 9.90 Å². The maximum absolute atomic E-state index is 9.69. The molecule has 3 heteroatoms. The number of rotatable bonds is 0. The molecule has 6 heavy (non-hydrogen) atoms. The number of carbonyl (C=O) groups is 1. The van der Waals surface area contributed by atoms with Gasteiger partial charge in [-0.2, -0.15) is 0 Å². The molecule has 0 atom stereocenters. The van der Waals surface area contributed by atoms with Crippen LogP contribution >= 0.6 is 0 Å². The van der Waals surface area contributed by atoms with Gasteiger partial charge in [-0.25, -0.2) is 4.79 Å². The Kier molecular flexibility index (Phi) is 0.498. The Hall–Kier alpha value is -0.730. The van der Waals surface area contributed by atoms with Crippen molar-refractivity contribution in [2.45, 2.75) is 0 Å². The van der Waals surface area contributed by atoms with Crippen molar-refractivity contribution >= 4 is 6.09 Å². The van der Waals surface area contributed by atoms with E-state index in [1.165, 1.54) is 4.90 Å². The molecule has 1 fully saturated rings. The minimum absolute atomic E-state index is 0.731. The molecule has 0 spiro atoms. The molecule has 0 saturated carbocycles. The quantitative estimate of drug-likeness (QED) is 0.422. The van der Waals surface area contributed by atoms with Crippen LogP contribution in [0.3, 0.4) is 0 Å². The van der Waals surface area contributed by atoms with E-state index in [1.54, 1.807) is 0 Å². The Morgan fingerprint density at radius 1 is 1.67 bits per heavy atom. The van der Waals surface area contributed by atoms with Gasteiger partial charge in [-0.1, -0.05) is 0 Å². The molecule has 1 heterocycles. The van der Waals surface area contributed by atoms with Gasteiger partial charge in [0.1, 0.15) is 0 Å². The minimum Gasteiger partial charge on any atom is -0.465 e. The molecule has 1 rings (SSSR count). The van der Waals surface area contributed by atoms with Crippen LogP contribution in [0.4, 0.5) is 4.79 Å². The highest BCUT2D eigenvalue weighted by Crippen LogP contribution is 2.00. The second-order valence-electron chi connectivity index (χ2n) is 1.27. The molecule has 3 nitrogen and oxygen atoms in total. The average molecular weight is 87.1 g/mol. The van der Waals surface area contributed by atoms with Gasteiger partial charge in [-0.15, -0.1) is 0 Å². The molecule has 0 aromatic carbocycles. The number of amides is 1. The predicted molar refractivity (Wildman–Crippen MR) is 19.6 cm³/mol. The SMILES string of the molecule is O=C(O)N1CC1. The fourth-order valence-corrected chi connectivity index (χ4v) is 0.241. The topological polar surface area (TPSA) is 40.3 Å². The average Bonchev–Trinajstić information content (AvgIpc) is 2.06. The molecular weight excluding hydrogens is 82.0 g/mol. The van der Waals surface area contributed by atoms with E-state index in [0.29, 0.717) is 0 Å². The normalized spacial score (nSPS) is 17.7. The molecule has 1 N–H and O–H groups in total. The molecule has 0 aromatic rings. The highest BCUT2D eigenvalue weighted by molar-refractivity contribution is 5.67. The first kappa shape index (κ1) is 3.46. The zero-order chi connectivity index (χ0) is 4.57. The summed E-state index contributed by atoms with van der Waals surface area (Å²) in [5.74, 6) is 0. The molecule has 34 valence electrons. The largest absolute Gasteiger partial charge is 0.465 e. The summed E-state index contributed by atoms with van der Waals surface area (Å²) in [6.45, 7) is 1.46. The number of nitrogens with zero attached hydrogens (tertiary/aromatic N) is 1. The van der Waals surface area contributed by atoms with E-state index in [0.717, 1.165) is 13.1 Å².